The summed E-state index contributed by atoms with van der Waals surface area (Å²) in [4.78, 5) is 0. The largest absolute Gasteiger partial charge is 0.491 e. The molecular weight excluding hydrogens is 314 g/mol. The lowest BCUT2D eigenvalue weighted by molar-refractivity contribution is 0.104. The van der Waals surface area contributed by atoms with Crippen molar-refractivity contribution >= 4 is 12.4 Å². The molecule has 0 saturated heterocycles. The number of nitrogens with one attached hydrogen (secondary N) is 1. The van der Waals surface area contributed by atoms with Gasteiger partial charge in [0.15, 0.2) is 0 Å². The fourth-order valence-electron chi connectivity index (χ4n) is 2.10. The minimum Gasteiger partial charge on any atom is -0.491 e. The van der Waals surface area contributed by atoms with Crippen molar-refractivity contribution in [2.24, 2.45) is 5.92 Å². The average Bonchev–Trinajstić information content (AvgIpc) is 3.33. The molecule has 1 aromatic carbocycles. The van der Waals surface area contributed by atoms with E-state index in [0.29, 0.717) is 19.2 Å². The average molecular weight is 344 g/mol. The highest BCUT2D eigenvalue weighted by molar-refractivity contribution is 5.85. The zero-order valence-electron chi connectivity index (χ0n) is 14.2. The van der Waals surface area contributed by atoms with Gasteiger partial charge in [0.1, 0.15) is 18.5 Å². The predicted molar refractivity (Wildman–Crippen MR) is 95.6 cm³/mol. The number of hydrogen-bond donors (Lipinski definition) is 2. The highest BCUT2D eigenvalue weighted by atomic mass is 35.5. The summed E-state index contributed by atoms with van der Waals surface area (Å²) < 4.78 is 11.2. The first-order valence-electron chi connectivity index (χ1n) is 8.34. The third-order valence-electron chi connectivity index (χ3n) is 3.71. The molecule has 1 saturated carbocycles. The zero-order chi connectivity index (χ0) is 15.8. The van der Waals surface area contributed by atoms with Crippen LogP contribution in [0.4, 0.5) is 0 Å². The van der Waals surface area contributed by atoms with Gasteiger partial charge in [0.2, 0.25) is 0 Å². The molecule has 4 nitrogen and oxygen atoms in total. The number of rotatable bonds is 11. The molecule has 1 aliphatic carbocycles. The van der Waals surface area contributed by atoms with Crippen LogP contribution in [0.25, 0.3) is 0 Å². The van der Waals surface area contributed by atoms with E-state index in [1.165, 1.54) is 18.4 Å². The maximum absolute atomic E-state index is 9.80. The van der Waals surface area contributed by atoms with Crippen LogP contribution in [0, 0.1) is 5.92 Å². The summed E-state index contributed by atoms with van der Waals surface area (Å²) in [6.07, 6.45) is 3.13. The van der Waals surface area contributed by atoms with Gasteiger partial charge in [-0.2, -0.15) is 0 Å². The van der Waals surface area contributed by atoms with Crippen LogP contribution in [0.15, 0.2) is 24.3 Å². The SMILES string of the molecule is CC(C)NC[C@H](O)COc1ccc(CCOCC2CC2)cc1.Cl. The number of benzene rings is 1. The Labute approximate surface area is 146 Å². The van der Waals surface area contributed by atoms with Crippen LogP contribution in [-0.4, -0.2) is 43.6 Å². The van der Waals surface area contributed by atoms with E-state index in [-0.39, 0.29) is 12.4 Å². The van der Waals surface area contributed by atoms with Crippen molar-refractivity contribution in [3.63, 3.8) is 0 Å². The monoisotopic (exact) mass is 343 g/mol. The Hall–Kier alpha value is -0.810. The van der Waals surface area contributed by atoms with Gasteiger partial charge in [-0.3, -0.25) is 0 Å². The Morgan fingerprint density at radius 3 is 2.52 bits per heavy atom. The Morgan fingerprint density at radius 2 is 1.91 bits per heavy atom. The second-order valence-electron chi connectivity index (χ2n) is 6.44. The molecule has 5 heteroatoms. The Kier molecular flexibility index (Phi) is 9.56. The van der Waals surface area contributed by atoms with E-state index >= 15 is 0 Å². The van der Waals surface area contributed by atoms with Crippen molar-refractivity contribution in [3.05, 3.63) is 29.8 Å². The highest BCUT2D eigenvalue weighted by Gasteiger charge is 2.20. The molecule has 0 radical (unpaired) electrons. The van der Waals surface area contributed by atoms with Gasteiger partial charge in [0.25, 0.3) is 0 Å². The molecule has 0 unspecified atom stereocenters. The molecule has 132 valence electrons. The maximum Gasteiger partial charge on any atom is 0.119 e. The van der Waals surface area contributed by atoms with Gasteiger partial charge in [-0.05, 0) is 42.9 Å². The van der Waals surface area contributed by atoms with Crippen LogP contribution in [0.1, 0.15) is 32.3 Å². The van der Waals surface area contributed by atoms with E-state index in [9.17, 15) is 5.11 Å². The van der Waals surface area contributed by atoms with Gasteiger partial charge in [0, 0.05) is 19.2 Å². The standard InChI is InChI=1S/C18H29NO3.ClH/c1-14(2)19-11-17(20)13-22-18-7-5-15(6-8-18)9-10-21-12-16-3-4-16;/h5-8,14,16-17,19-20H,3-4,9-13H2,1-2H3;1H/t17-;/m0./s1. The number of ether oxygens (including phenoxy) is 2. The minimum atomic E-state index is -0.488. The third kappa shape index (κ3) is 9.16. The van der Waals surface area contributed by atoms with E-state index in [0.717, 1.165) is 31.3 Å². The molecule has 0 heterocycles. The van der Waals surface area contributed by atoms with Crippen molar-refractivity contribution in [3.8, 4) is 5.75 Å². The first kappa shape index (κ1) is 20.2. The first-order valence-corrected chi connectivity index (χ1v) is 8.34. The summed E-state index contributed by atoms with van der Waals surface area (Å²) in [6, 6.07) is 8.41. The van der Waals surface area contributed by atoms with Gasteiger partial charge < -0.3 is 19.9 Å². The van der Waals surface area contributed by atoms with Crippen LogP contribution < -0.4 is 10.1 Å². The normalized spacial score (nSPS) is 15.3. The van der Waals surface area contributed by atoms with Crippen LogP contribution in [0.3, 0.4) is 0 Å². The Balaban J connectivity index is 0.00000264. The lowest BCUT2D eigenvalue weighted by atomic mass is 10.1. The highest BCUT2D eigenvalue weighted by Crippen LogP contribution is 2.28. The number of aliphatic hydroxyl groups is 1. The van der Waals surface area contributed by atoms with E-state index in [1.807, 2.05) is 12.1 Å². The topological polar surface area (TPSA) is 50.7 Å². The minimum absolute atomic E-state index is 0. The molecule has 1 fully saturated rings. The van der Waals surface area contributed by atoms with Crippen LogP contribution in [0.5, 0.6) is 5.75 Å². The van der Waals surface area contributed by atoms with Crippen LogP contribution >= 0.6 is 12.4 Å². The molecule has 23 heavy (non-hydrogen) atoms. The van der Waals surface area contributed by atoms with Crippen molar-refractivity contribution in [1.29, 1.82) is 0 Å². The van der Waals surface area contributed by atoms with Gasteiger partial charge in [-0.1, -0.05) is 26.0 Å². The molecule has 1 atom stereocenters. The molecule has 1 aromatic rings. The zero-order valence-corrected chi connectivity index (χ0v) is 15.0. The number of aliphatic hydroxyl groups excluding tert-OH is 1. The van der Waals surface area contributed by atoms with Gasteiger partial charge >= 0.3 is 0 Å². The van der Waals surface area contributed by atoms with Gasteiger partial charge in [-0.15, -0.1) is 12.4 Å². The summed E-state index contributed by atoms with van der Waals surface area (Å²) >= 11 is 0. The van der Waals surface area contributed by atoms with E-state index in [2.05, 4.69) is 31.3 Å². The summed E-state index contributed by atoms with van der Waals surface area (Å²) in [6.45, 7) is 6.68. The first-order chi connectivity index (χ1) is 10.6. The lowest BCUT2D eigenvalue weighted by Crippen LogP contribution is -2.35. The fourth-order valence-corrected chi connectivity index (χ4v) is 2.10. The molecule has 0 aliphatic heterocycles. The summed E-state index contributed by atoms with van der Waals surface area (Å²) in [5, 5.41) is 13.0. The van der Waals surface area contributed by atoms with Crippen molar-refractivity contribution in [2.75, 3.05) is 26.4 Å². The quantitative estimate of drug-likeness (QED) is 0.607. The third-order valence-corrected chi connectivity index (χ3v) is 3.71. The van der Waals surface area contributed by atoms with Crippen LogP contribution in [-0.2, 0) is 11.2 Å². The fraction of sp³-hybridized carbons (Fsp3) is 0.667. The summed E-state index contributed by atoms with van der Waals surface area (Å²) in [5.74, 6) is 1.62. The van der Waals surface area contributed by atoms with E-state index in [1.54, 1.807) is 0 Å². The predicted octanol–water partition coefficient (Wildman–Crippen LogP) is 2.82. The van der Waals surface area contributed by atoms with E-state index in [4.69, 9.17) is 9.47 Å². The van der Waals surface area contributed by atoms with E-state index < -0.39 is 6.10 Å². The molecule has 2 rings (SSSR count). The molecule has 0 aromatic heterocycles. The van der Waals surface area contributed by atoms with Gasteiger partial charge in [-0.25, -0.2) is 0 Å². The molecule has 0 bridgehead atoms. The van der Waals surface area contributed by atoms with Crippen molar-refractivity contribution < 1.29 is 14.6 Å². The summed E-state index contributed by atoms with van der Waals surface area (Å²) in [5.41, 5.74) is 1.25. The molecule has 1 aliphatic rings. The molecule has 0 amide bonds. The second kappa shape index (κ2) is 10.9. The lowest BCUT2D eigenvalue weighted by Gasteiger charge is -2.15. The maximum atomic E-state index is 9.80. The molecule has 0 spiro atoms. The van der Waals surface area contributed by atoms with Crippen LogP contribution in [0.2, 0.25) is 0 Å². The number of hydrogen-bond acceptors (Lipinski definition) is 4. The smallest absolute Gasteiger partial charge is 0.119 e. The second-order valence-corrected chi connectivity index (χ2v) is 6.44. The van der Waals surface area contributed by atoms with Crippen molar-refractivity contribution in [2.45, 2.75) is 45.3 Å². The summed E-state index contributed by atoms with van der Waals surface area (Å²) in [7, 11) is 0. The van der Waals surface area contributed by atoms with Crippen molar-refractivity contribution in [1.82, 2.24) is 5.32 Å². The molecule has 2 N–H and O–H groups in total. The number of halogens is 1. The Morgan fingerprint density at radius 1 is 1.22 bits per heavy atom. The Bertz CT molecular complexity index is 421. The molecular formula is C18H30ClNO3. The van der Waals surface area contributed by atoms with Gasteiger partial charge in [0.05, 0.1) is 6.61 Å².